The molecule has 1 aliphatic heterocycles. The van der Waals surface area contributed by atoms with Crippen molar-refractivity contribution in [3.05, 3.63) is 0 Å². The van der Waals surface area contributed by atoms with Crippen LogP contribution in [0, 0.1) is 23.7 Å². The van der Waals surface area contributed by atoms with Gasteiger partial charge in [0.2, 0.25) is 0 Å². The Morgan fingerprint density at radius 3 is 1.86 bits per heavy atom. The maximum absolute atomic E-state index is 6.58. The first-order valence-electron chi connectivity index (χ1n) is 11.4. The lowest BCUT2D eigenvalue weighted by Crippen LogP contribution is -2.53. The number of hydrogen-bond donors (Lipinski definition) is 0. The second-order valence-electron chi connectivity index (χ2n) is 10.3. The lowest BCUT2D eigenvalue weighted by Gasteiger charge is -2.47. The summed E-state index contributed by atoms with van der Waals surface area (Å²) in [7, 11) is 0. The van der Waals surface area contributed by atoms with Crippen LogP contribution in [0.4, 0.5) is 0 Å². The van der Waals surface area contributed by atoms with Crippen LogP contribution in [0.1, 0.15) is 82.6 Å². The fourth-order valence-corrected chi connectivity index (χ4v) is 5.24. The van der Waals surface area contributed by atoms with E-state index >= 15 is 0 Å². The van der Waals surface area contributed by atoms with Gasteiger partial charge in [0, 0.05) is 31.7 Å². The van der Waals surface area contributed by atoms with Gasteiger partial charge in [-0.3, -0.25) is 0 Å². The molecule has 1 aliphatic rings. The van der Waals surface area contributed by atoms with E-state index in [0.717, 1.165) is 13.0 Å². The predicted octanol–water partition coefficient (Wildman–Crippen LogP) is 5.73. The Labute approximate surface area is 175 Å². The molecule has 4 unspecified atom stereocenters. The largest absolute Gasteiger partial charge is 0.377 e. The highest BCUT2D eigenvalue weighted by atomic mass is 16.5. The summed E-state index contributed by atoms with van der Waals surface area (Å²) in [6, 6.07) is 0. The first-order chi connectivity index (χ1) is 12.8. The molecule has 4 heteroatoms. The molecule has 0 amide bonds. The van der Waals surface area contributed by atoms with Crippen molar-refractivity contribution in [1.82, 2.24) is 0 Å². The Balaban J connectivity index is 3.35. The Morgan fingerprint density at radius 2 is 1.39 bits per heavy atom. The molecule has 1 rings (SSSR count). The molecule has 0 spiro atoms. The molecule has 1 saturated heterocycles. The van der Waals surface area contributed by atoms with E-state index in [4.69, 9.17) is 18.9 Å². The average Bonchev–Trinajstić information content (AvgIpc) is 2.98. The van der Waals surface area contributed by atoms with Gasteiger partial charge in [-0.05, 0) is 80.6 Å². The molecule has 0 aliphatic carbocycles. The van der Waals surface area contributed by atoms with Crippen LogP contribution in [-0.2, 0) is 18.9 Å². The zero-order chi connectivity index (χ0) is 21.8. The van der Waals surface area contributed by atoms with Gasteiger partial charge in [0.15, 0.2) is 0 Å². The monoisotopic (exact) mass is 400 g/mol. The van der Waals surface area contributed by atoms with Crippen molar-refractivity contribution < 1.29 is 18.9 Å². The third-order valence-electron chi connectivity index (χ3n) is 6.52. The summed E-state index contributed by atoms with van der Waals surface area (Å²) >= 11 is 0. The molecule has 0 radical (unpaired) electrons. The summed E-state index contributed by atoms with van der Waals surface area (Å²) in [5, 5.41) is 0. The molecule has 0 aromatic heterocycles. The van der Waals surface area contributed by atoms with Crippen LogP contribution in [0.25, 0.3) is 0 Å². The summed E-state index contributed by atoms with van der Waals surface area (Å²) in [4.78, 5) is 0. The van der Waals surface area contributed by atoms with Crippen LogP contribution >= 0.6 is 0 Å². The molecule has 0 aromatic carbocycles. The van der Waals surface area contributed by atoms with Gasteiger partial charge in [0.25, 0.3) is 0 Å². The van der Waals surface area contributed by atoms with Crippen LogP contribution in [0.5, 0.6) is 0 Å². The second kappa shape index (κ2) is 10.2. The summed E-state index contributed by atoms with van der Waals surface area (Å²) in [5.74, 6) is 1.55. The smallest absolute Gasteiger partial charge is 0.0690 e. The van der Waals surface area contributed by atoms with Crippen molar-refractivity contribution in [2.75, 3.05) is 26.4 Å². The van der Waals surface area contributed by atoms with E-state index in [9.17, 15) is 0 Å². The van der Waals surface area contributed by atoms with E-state index in [1.165, 1.54) is 0 Å². The molecule has 4 nitrogen and oxygen atoms in total. The topological polar surface area (TPSA) is 36.9 Å². The zero-order valence-electron chi connectivity index (χ0n) is 20.6. The van der Waals surface area contributed by atoms with E-state index in [2.05, 4.69) is 76.2 Å². The van der Waals surface area contributed by atoms with E-state index in [1.54, 1.807) is 0 Å². The maximum atomic E-state index is 6.58. The number of rotatable bonds is 12. The third kappa shape index (κ3) is 6.42. The van der Waals surface area contributed by atoms with Crippen molar-refractivity contribution >= 4 is 0 Å². The van der Waals surface area contributed by atoms with Crippen molar-refractivity contribution in [3.63, 3.8) is 0 Å². The van der Waals surface area contributed by atoms with E-state index in [0.29, 0.717) is 37.6 Å². The van der Waals surface area contributed by atoms with Gasteiger partial charge in [-0.25, -0.2) is 0 Å². The van der Waals surface area contributed by atoms with Crippen molar-refractivity contribution in [2.45, 2.75) is 105 Å². The van der Waals surface area contributed by atoms with Crippen LogP contribution in [0.15, 0.2) is 0 Å². The van der Waals surface area contributed by atoms with Gasteiger partial charge in [-0.2, -0.15) is 0 Å². The quantitative estimate of drug-likeness (QED) is 0.419. The van der Waals surface area contributed by atoms with Crippen molar-refractivity contribution in [3.8, 4) is 0 Å². The molecule has 0 saturated carbocycles. The second-order valence-corrected chi connectivity index (χ2v) is 10.3. The molecule has 1 heterocycles. The fourth-order valence-electron chi connectivity index (χ4n) is 5.24. The van der Waals surface area contributed by atoms with Crippen molar-refractivity contribution in [1.29, 1.82) is 0 Å². The summed E-state index contributed by atoms with van der Waals surface area (Å²) < 4.78 is 25.2. The minimum absolute atomic E-state index is 0.0789. The summed E-state index contributed by atoms with van der Waals surface area (Å²) in [5.41, 5.74) is -0.783. The van der Waals surface area contributed by atoms with Crippen LogP contribution in [0.2, 0.25) is 0 Å². The fraction of sp³-hybridized carbons (Fsp3) is 1.00. The Kier molecular flexibility index (Phi) is 9.46. The first kappa shape index (κ1) is 25.9. The molecule has 0 aromatic rings. The maximum Gasteiger partial charge on any atom is 0.0690 e. The van der Waals surface area contributed by atoms with Crippen LogP contribution in [-0.4, -0.2) is 49.3 Å². The zero-order valence-corrected chi connectivity index (χ0v) is 20.6. The van der Waals surface area contributed by atoms with Crippen molar-refractivity contribution in [2.24, 2.45) is 23.7 Å². The summed E-state index contributed by atoms with van der Waals surface area (Å²) in [6.45, 7) is 27.0. The predicted molar refractivity (Wildman–Crippen MR) is 117 cm³/mol. The molecule has 0 N–H and O–H groups in total. The minimum atomic E-state index is -0.305. The normalized spacial score (nSPS) is 25.5. The molecular weight excluding hydrogens is 352 g/mol. The van der Waals surface area contributed by atoms with Gasteiger partial charge < -0.3 is 18.9 Å². The Hall–Kier alpha value is -0.160. The van der Waals surface area contributed by atoms with E-state index in [1.807, 2.05) is 0 Å². The number of ether oxygens (including phenoxy) is 4. The van der Waals surface area contributed by atoms with Gasteiger partial charge in [0.1, 0.15) is 0 Å². The first-order valence-corrected chi connectivity index (χ1v) is 11.4. The lowest BCUT2D eigenvalue weighted by atomic mass is 9.66. The highest BCUT2D eigenvalue weighted by molar-refractivity contribution is 5.02. The molecule has 4 atom stereocenters. The van der Waals surface area contributed by atoms with E-state index in [-0.39, 0.29) is 28.8 Å². The minimum Gasteiger partial charge on any atom is -0.377 e. The Bertz CT molecular complexity index is 456. The standard InChI is InChI=1S/C24H48O4/c1-12-26-22(6,7)15-19(23(8,9)27-13-2)21-20(24(10,11)28-14-3)18(16-25-21)17(4)5/h17-21H,12-16H2,1-11H3. The molecule has 0 bridgehead atoms. The van der Waals surface area contributed by atoms with Gasteiger partial charge >= 0.3 is 0 Å². The average molecular weight is 401 g/mol. The molecule has 168 valence electrons. The SMILES string of the molecule is CCOC(C)(C)CC(C1OCC(C(C)C)C1C(C)(C)OCC)C(C)(C)OCC. The number of hydrogen-bond acceptors (Lipinski definition) is 4. The summed E-state index contributed by atoms with van der Waals surface area (Å²) in [6.07, 6.45) is 0.970. The lowest BCUT2D eigenvalue weighted by molar-refractivity contribution is -0.158. The van der Waals surface area contributed by atoms with Gasteiger partial charge in [0.05, 0.1) is 29.5 Å². The van der Waals surface area contributed by atoms with Crippen LogP contribution in [0.3, 0.4) is 0 Å². The Morgan fingerprint density at radius 1 is 0.857 bits per heavy atom. The molecule has 1 fully saturated rings. The van der Waals surface area contributed by atoms with Crippen LogP contribution < -0.4 is 0 Å². The molecular formula is C24H48O4. The van der Waals surface area contributed by atoms with Gasteiger partial charge in [-0.15, -0.1) is 0 Å². The highest BCUT2D eigenvalue weighted by Crippen LogP contribution is 2.48. The van der Waals surface area contributed by atoms with Gasteiger partial charge in [-0.1, -0.05) is 13.8 Å². The molecule has 28 heavy (non-hydrogen) atoms. The third-order valence-corrected chi connectivity index (χ3v) is 6.52. The highest BCUT2D eigenvalue weighted by Gasteiger charge is 2.54. The van der Waals surface area contributed by atoms with E-state index < -0.39 is 0 Å².